The molecular formula is C11H15NO3. The molecule has 1 unspecified atom stereocenters. The summed E-state index contributed by atoms with van der Waals surface area (Å²) in [4.78, 5) is 11.4. The van der Waals surface area contributed by atoms with Crippen LogP contribution in [-0.2, 0) is 16.8 Å². The number of aryl methyl sites for hydroxylation is 1. The summed E-state index contributed by atoms with van der Waals surface area (Å²) in [5, 5.41) is 9.31. The van der Waals surface area contributed by atoms with Crippen molar-refractivity contribution >= 4 is 5.97 Å². The van der Waals surface area contributed by atoms with Crippen molar-refractivity contribution in [3.05, 3.63) is 23.7 Å². The maximum Gasteiger partial charge on any atom is 0.332 e. The molecule has 0 radical (unpaired) electrons. The molecule has 1 heterocycles. The Labute approximate surface area is 88.1 Å². The lowest BCUT2D eigenvalue weighted by Gasteiger charge is -2.42. The van der Waals surface area contributed by atoms with Gasteiger partial charge in [0.2, 0.25) is 0 Å². The summed E-state index contributed by atoms with van der Waals surface area (Å²) in [6.07, 6.45) is 3.09. The van der Waals surface area contributed by atoms with Crippen LogP contribution >= 0.6 is 0 Å². The molecule has 0 saturated heterocycles. The number of furan rings is 1. The zero-order valence-corrected chi connectivity index (χ0v) is 8.91. The number of hydrogen-bond donors (Lipinski definition) is 2. The first-order chi connectivity index (χ1) is 6.89. The van der Waals surface area contributed by atoms with E-state index in [2.05, 4.69) is 0 Å². The molecule has 3 N–H and O–H groups in total. The van der Waals surface area contributed by atoms with Gasteiger partial charge in [0.05, 0.1) is 6.26 Å². The number of carboxylic acids is 1. The fourth-order valence-electron chi connectivity index (χ4n) is 2.22. The number of hydrogen-bond acceptors (Lipinski definition) is 3. The van der Waals surface area contributed by atoms with Crippen LogP contribution in [-0.4, -0.2) is 11.1 Å². The summed E-state index contributed by atoms with van der Waals surface area (Å²) in [5.74, 6) is -0.616. The minimum absolute atomic E-state index is 0.409. The first-order valence-electron chi connectivity index (χ1n) is 4.99. The Morgan fingerprint density at radius 2 is 2.27 bits per heavy atom. The first kappa shape index (κ1) is 10.2. The van der Waals surface area contributed by atoms with Crippen LogP contribution in [0.5, 0.6) is 0 Å². The molecule has 4 nitrogen and oxygen atoms in total. The molecule has 0 bridgehead atoms. The highest BCUT2D eigenvalue weighted by Crippen LogP contribution is 2.46. The molecule has 1 atom stereocenters. The van der Waals surface area contributed by atoms with Crippen LogP contribution in [0.4, 0.5) is 0 Å². The minimum Gasteiger partial charge on any atom is -0.480 e. The predicted octanol–water partition coefficient (Wildman–Crippen LogP) is 1.49. The zero-order valence-electron chi connectivity index (χ0n) is 8.91. The van der Waals surface area contributed by atoms with Gasteiger partial charge in [0.25, 0.3) is 0 Å². The van der Waals surface area contributed by atoms with Gasteiger partial charge in [0, 0.05) is 5.41 Å². The Balaban J connectivity index is 2.64. The van der Waals surface area contributed by atoms with Crippen LogP contribution in [0.25, 0.3) is 0 Å². The molecule has 1 aromatic rings. The van der Waals surface area contributed by atoms with Gasteiger partial charge in [0.15, 0.2) is 5.54 Å². The SMILES string of the molecule is CC1(C)CCc2ccoc2C1(N)C(=O)O. The summed E-state index contributed by atoms with van der Waals surface area (Å²) in [6, 6.07) is 1.80. The van der Waals surface area contributed by atoms with Crippen LogP contribution in [0.1, 0.15) is 31.6 Å². The average molecular weight is 209 g/mol. The molecule has 1 aromatic heterocycles. The standard InChI is InChI=1S/C11H15NO3/c1-10(2)5-3-7-4-6-15-8(7)11(10,12)9(13)14/h4,6H,3,5,12H2,1-2H3,(H,13,14). The number of aliphatic carboxylic acids is 1. The van der Waals surface area contributed by atoms with Crippen molar-refractivity contribution in [1.82, 2.24) is 0 Å². The highest BCUT2D eigenvalue weighted by Gasteiger charge is 2.55. The molecule has 0 saturated carbocycles. The molecule has 1 aliphatic rings. The average Bonchev–Trinajstić information content (AvgIpc) is 2.60. The number of carboxylic acid groups (broad SMARTS) is 1. The first-order valence-corrected chi connectivity index (χ1v) is 4.99. The van der Waals surface area contributed by atoms with E-state index in [-0.39, 0.29) is 0 Å². The fraction of sp³-hybridized carbons (Fsp3) is 0.545. The Hall–Kier alpha value is -1.29. The molecule has 0 spiro atoms. The molecule has 1 aliphatic carbocycles. The van der Waals surface area contributed by atoms with Gasteiger partial charge in [-0.15, -0.1) is 0 Å². The number of carbonyl (C=O) groups is 1. The van der Waals surface area contributed by atoms with Crippen LogP contribution < -0.4 is 5.73 Å². The summed E-state index contributed by atoms with van der Waals surface area (Å²) >= 11 is 0. The van der Waals surface area contributed by atoms with Gasteiger partial charge in [0.1, 0.15) is 5.76 Å². The Morgan fingerprint density at radius 3 is 2.87 bits per heavy atom. The van der Waals surface area contributed by atoms with E-state index in [1.165, 1.54) is 6.26 Å². The molecule has 2 rings (SSSR count). The molecule has 0 amide bonds. The molecule has 4 heteroatoms. The maximum absolute atomic E-state index is 11.4. The lowest BCUT2D eigenvalue weighted by Crippen LogP contribution is -2.58. The van der Waals surface area contributed by atoms with Crippen LogP contribution in [0.2, 0.25) is 0 Å². The highest BCUT2D eigenvalue weighted by atomic mass is 16.4. The smallest absolute Gasteiger partial charge is 0.332 e. The van der Waals surface area contributed by atoms with E-state index in [9.17, 15) is 9.90 Å². The Morgan fingerprint density at radius 1 is 1.60 bits per heavy atom. The van der Waals surface area contributed by atoms with Crippen LogP contribution in [0, 0.1) is 5.41 Å². The van der Waals surface area contributed by atoms with Crippen molar-refractivity contribution in [2.75, 3.05) is 0 Å². The zero-order chi connectivity index (χ0) is 11.3. The van der Waals surface area contributed by atoms with Gasteiger partial charge in [-0.25, -0.2) is 4.79 Å². The molecule has 0 aliphatic heterocycles. The van der Waals surface area contributed by atoms with Gasteiger partial charge < -0.3 is 15.3 Å². The lowest BCUT2D eigenvalue weighted by atomic mass is 9.64. The van der Waals surface area contributed by atoms with E-state index in [0.29, 0.717) is 5.76 Å². The van der Waals surface area contributed by atoms with Gasteiger partial charge in [-0.2, -0.15) is 0 Å². The maximum atomic E-state index is 11.4. The summed E-state index contributed by atoms with van der Waals surface area (Å²) in [7, 11) is 0. The van der Waals surface area contributed by atoms with Gasteiger partial charge in [-0.05, 0) is 24.5 Å². The van der Waals surface area contributed by atoms with Crippen molar-refractivity contribution in [2.24, 2.45) is 11.1 Å². The quantitative estimate of drug-likeness (QED) is 0.734. The Bertz CT molecular complexity index is 408. The number of rotatable bonds is 1. The third-order valence-electron chi connectivity index (χ3n) is 3.53. The van der Waals surface area contributed by atoms with E-state index in [1.807, 2.05) is 13.8 Å². The van der Waals surface area contributed by atoms with Crippen molar-refractivity contribution in [3.63, 3.8) is 0 Å². The van der Waals surface area contributed by atoms with Crippen molar-refractivity contribution in [2.45, 2.75) is 32.2 Å². The summed E-state index contributed by atoms with van der Waals surface area (Å²) in [5.41, 5.74) is 5.05. The molecule has 0 fully saturated rings. The van der Waals surface area contributed by atoms with Gasteiger partial charge >= 0.3 is 5.97 Å². The van der Waals surface area contributed by atoms with Gasteiger partial charge in [-0.1, -0.05) is 13.8 Å². The largest absolute Gasteiger partial charge is 0.480 e. The van der Waals surface area contributed by atoms with Crippen LogP contribution in [0.15, 0.2) is 16.7 Å². The van der Waals surface area contributed by atoms with Crippen molar-refractivity contribution in [3.8, 4) is 0 Å². The van der Waals surface area contributed by atoms with E-state index >= 15 is 0 Å². The van der Waals surface area contributed by atoms with E-state index < -0.39 is 16.9 Å². The number of nitrogens with two attached hydrogens (primary N) is 1. The second-order valence-electron chi connectivity index (χ2n) is 4.77. The lowest BCUT2D eigenvalue weighted by molar-refractivity contribution is -0.151. The summed E-state index contributed by atoms with van der Waals surface area (Å²) in [6.45, 7) is 3.74. The Kier molecular flexibility index (Phi) is 1.95. The summed E-state index contributed by atoms with van der Waals surface area (Å²) < 4.78 is 5.26. The highest BCUT2D eigenvalue weighted by molar-refractivity contribution is 5.81. The van der Waals surface area contributed by atoms with Crippen molar-refractivity contribution < 1.29 is 14.3 Å². The second kappa shape index (κ2) is 2.85. The molecule has 15 heavy (non-hydrogen) atoms. The molecule has 0 aromatic carbocycles. The van der Waals surface area contributed by atoms with Gasteiger partial charge in [-0.3, -0.25) is 0 Å². The third kappa shape index (κ3) is 1.14. The van der Waals surface area contributed by atoms with E-state index in [1.54, 1.807) is 6.07 Å². The minimum atomic E-state index is -1.41. The topological polar surface area (TPSA) is 76.5 Å². The third-order valence-corrected chi connectivity index (χ3v) is 3.53. The predicted molar refractivity (Wildman–Crippen MR) is 54.3 cm³/mol. The normalized spacial score (nSPS) is 28.5. The molecule has 82 valence electrons. The second-order valence-corrected chi connectivity index (χ2v) is 4.77. The molecular weight excluding hydrogens is 194 g/mol. The van der Waals surface area contributed by atoms with Crippen molar-refractivity contribution in [1.29, 1.82) is 0 Å². The van der Waals surface area contributed by atoms with E-state index in [4.69, 9.17) is 10.2 Å². The van der Waals surface area contributed by atoms with E-state index in [0.717, 1.165) is 18.4 Å². The number of fused-ring (bicyclic) bond motifs is 1. The monoisotopic (exact) mass is 209 g/mol. The van der Waals surface area contributed by atoms with Crippen LogP contribution in [0.3, 0.4) is 0 Å². The fourth-order valence-corrected chi connectivity index (χ4v) is 2.22.